The van der Waals surface area contributed by atoms with Crippen LogP contribution in [0.1, 0.15) is 25.3 Å². The summed E-state index contributed by atoms with van der Waals surface area (Å²) in [6, 6.07) is 8.70. The highest BCUT2D eigenvalue weighted by atomic mass is 15.2. The fraction of sp³-hybridized carbons (Fsp3) is 0.650. The van der Waals surface area contributed by atoms with Crippen LogP contribution in [-0.4, -0.2) is 64.2 Å². The lowest BCUT2D eigenvalue weighted by Crippen LogP contribution is -2.45. The second kappa shape index (κ2) is 10.3. The molecule has 1 aliphatic heterocycles. The summed E-state index contributed by atoms with van der Waals surface area (Å²) < 4.78 is 0. The Morgan fingerprint density at radius 3 is 2.88 bits per heavy atom. The SMILES string of the molecule is CCN(CCNC(=NC)NCC1CCCN(C)C1)c1cccc(C)c1. The zero-order chi connectivity index (χ0) is 18.1. The van der Waals surface area contributed by atoms with Crippen LogP contribution in [0.3, 0.4) is 0 Å². The Labute approximate surface area is 153 Å². The van der Waals surface area contributed by atoms with E-state index in [-0.39, 0.29) is 0 Å². The Balaban J connectivity index is 1.74. The van der Waals surface area contributed by atoms with Crippen LogP contribution in [-0.2, 0) is 0 Å². The third-order valence-electron chi connectivity index (χ3n) is 4.93. The summed E-state index contributed by atoms with van der Waals surface area (Å²) in [5.74, 6) is 1.63. The summed E-state index contributed by atoms with van der Waals surface area (Å²) in [6.45, 7) is 10.6. The Morgan fingerprint density at radius 1 is 1.36 bits per heavy atom. The molecule has 140 valence electrons. The molecule has 1 aromatic carbocycles. The largest absolute Gasteiger partial charge is 0.370 e. The van der Waals surface area contributed by atoms with Gasteiger partial charge in [0, 0.05) is 45.5 Å². The summed E-state index contributed by atoms with van der Waals surface area (Å²) >= 11 is 0. The second-order valence-corrected chi connectivity index (χ2v) is 7.07. The van der Waals surface area contributed by atoms with Crippen LogP contribution >= 0.6 is 0 Å². The van der Waals surface area contributed by atoms with Gasteiger partial charge in [-0.15, -0.1) is 0 Å². The zero-order valence-corrected chi connectivity index (χ0v) is 16.4. The topological polar surface area (TPSA) is 42.9 Å². The van der Waals surface area contributed by atoms with Crippen LogP contribution in [0.4, 0.5) is 5.69 Å². The highest BCUT2D eigenvalue weighted by Crippen LogP contribution is 2.15. The number of likely N-dealkylation sites (tertiary alicyclic amines) is 1. The lowest BCUT2D eigenvalue weighted by Gasteiger charge is -2.30. The smallest absolute Gasteiger partial charge is 0.191 e. The minimum atomic E-state index is 0.719. The maximum atomic E-state index is 4.36. The predicted molar refractivity (Wildman–Crippen MR) is 109 cm³/mol. The first-order valence-corrected chi connectivity index (χ1v) is 9.57. The summed E-state index contributed by atoms with van der Waals surface area (Å²) in [4.78, 5) is 9.18. The van der Waals surface area contributed by atoms with Gasteiger partial charge in [0.15, 0.2) is 5.96 Å². The Bertz CT molecular complexity index is 543. The van der Waals surface area contributed by atoms with Gasteiger partial charge in [0.2, 0.25) is 0 Å². The number of aryl methyl sites for hydroxylation is 1. The first-order chi connectivity index (χ1) is 12.1. The van der Waals surface area contributed by atoms with E-state index >= 15 is 0 Å². The zero-order valence-electron chi connectivity index (χ0n) is 16.4. The molecular weight excluding hydrogens is 310 g/mol. The first kappa shape index (κ1) is 19.6. The average Bonchev–Trinajstić information content (AvgIpc) is 2.61. The maximum absolute atomic E-state index is 4.36. The lowest BCUT2D eigenvalue weighted by atomic mass is 9.99. The van der Waals surface area contributed by atoms with E-state index < -0.39 is 0 Å². The number of guanidine groups is 1. The van der Waals surface area contributed by atoms with Crippen LogP contribution in [0, 0.1) is 12.8 Å². The number of aliphatic imine (C=N–C) groups is 1. The van der Waals surface area contributed by atoms with Gasteiger partial charge in [-0.05, 0) is 63.9 Å². The molecule has 0 saturated carbocycles. The van der Waals surface area contributed by atoms with Gasteiger partial charge in [-0.1, -0.05) is 12.1 Å². The molecule has 2 rings (SSSR count). The number of benzene rings is 1. The molecule has 0 spiro atoms. The minimum Gasteiger partial charge on any atom is -0.370 e. The van der Waals surface area contributed by atoms with Crippen LogP contribution in [0.25, 0.3) is 0 Å². The van der Waals surface area contributed by atoms with Crippen LogP contribution in [0.5, 0.6) is 0 Å². The fourth-order valence-electron chi connectivity index (χ4n) is 3.51. The van der Waals surface area contributed by atoms with Crippen molar-refractivity contribution in [2.45, 2.75) is 26.7 Å². The average molecular weight is 346 g/mol. The molecule has 1 unspecified atom stereocenters. The van der Waals surface area contributed by atoms with Crippen LogP contribution in [0.15, 0.2) is 29.3 Å². The standard InChI is InChI=1S/C20H35N5/c1-5-25(19-10-6-8-17(2)14-19)13-11-22-20(21-3)23-15-18-9-7-12-24(4)16-18/h6,8,10,14,18H,5,7,9,11-13,15-16H2,1-4H3,(H2,21,22,23). The quantitative estimate of drug-likeness (QED) is 0.588. The lowest BCUT2D eigenvalue weighted by molar-refractivity contribution is 0.210. The van der Waals surface area contributed by atoms with Gasteiger partial charge in [0.1, 0.15) is 0 Å². The van der Waals surface area contributed by atoms with Crippen molar-refractivity contribution in [2.75, 3.05) is 58.3 Å². The monoisotopic (exact) mass is 345 g/mol. The van der Waals surface area contributed by atoms with Gasteiger partial charge >= 0.3 is 0 Å². The molecular formula is C20H35N5. The highest BCUT2D eigenvalue weighted by Gasteiger charge is 2.17. The number of nitrogens with zero attached hydrogens (tertiary/aromatic N) is 3. The molecule has 1 aliphatic rings. The van der Waals surface area contributed by atoms with Crippen molar-refractivity contribution in [1.82, 2.24) is 15.5 Å². The number of rotatable bonds is 7. The number of hydrogen-bond donors (Lipinski definition) is 2. The predicted octanol–water partition coefficient (Wildman–Crippen LogP) is 2.33. The number of piperidine rings is 1. The van der Waals surface area contributed by atoms with Crippen molar-refractivity contribution in [3.63, 3.8) is 0 Å². The number of hydrogen-bond acceptors (Lipinski definition) is 3. The van der Waals surface area contributed by atoms with Crippen molar-refractivity contribution >= 4 is 11.6 Å². The van der Waals surface area contributed by atoms with Gasteiger partial charge < -0.3 is 20.4 Å². The maximum Gasteiger partial charge on any atom is 0.191 e. The van der Waals surface area contributed by atoms with Crippen molar-refractivity contribution in [1.29, 1.82) is 0 Å². The molecule has 1 fully saturated rings. The van der Waals surface area contributed by atoms with E-state index in [1.807, 2.05) is 7.05 Å². The number of anilines is 1. The van der Waals surface area contributed by atoms with Gasteiger partial charge in [0.25, 0.3) is 0 Å². The molecule has 1 aromatic rings. The van der Waals surface area contributed by atoms with Crippen molar-refractivity contribution in [3.05, 3.63) is 29.8 Å². The van der Waals surface area contributed by atoms with Crippen molar-refractivity contribution < 1.29 is 0 Å². The Hall–Kier alpha value is -1.75. The molecule has 0 aromatic heterocycles. The van der Waals surface area contributed by atoms with E-state index in [0.29, 0.717) is 0 Å². The van der Waals surface area contributed by atoms with E-state index in [9.17, 15) is 0 Å². The highest BCUT2D eigenvalue weighted by molar-refractivity contribution is 5.79. The van der Waals surface area contributed by atoms with E-state index in [0.717, 1.165) is 38.1 Å². The van der Waals surface area contributed by atoms with Gasteiger partial charge in [-0.3, -0.25) is 4.99 Å². The van der Waals surface area contributed by atoms with E-state index in [2.05, 4.69) is 70.6 Å². The van der Waals surface area contributed by atoms with E-state index in [1.165, 1.54) is 37.2 Å². The third-order valence-corrected chi connectivity index (χ3v) is 4.93. The first-order valence-electron chi connectivity index (χ1n) is 9.57. The molecule has 2 N–H and O–H groups in total. The molecule has 5 nitrogen and oxygen atoms in total. The second-order valence-electron chi connectivity index (χ2n) is 7.07. The molecule has 0 radical (unpaired) electrons. The number of likely N-dealkylation sites (N-methyl/N-ethyl adjacent to an activating group) is 1. The molecule has 0 bridgehead atoms. The third kappa shape index (κ3) is 6.58. The van der Waals surface area contributed by atoms with Gasteiger partial charge in [-0.25, -0.2) is 0 Å². The minimum absolute atomic E-state index is 0.719. The molecule has 0 aliphatic carbocycles. The molecule has 1 heterocycles. The summed E-state index contributed by atoms with van der Waals surface area (Å²) in [5, 5.41) is 6.95. The van der Waals surface area contributed by atoms with Crippen molar-refractivity contribution in [3.8, 4) is 0 Å². The normalized spacial score (nSPS) is 18.9. The fourth-order valence-corrected chi connectivity index (χ4v) is 3.51. The molecule has 0 amide bonds. The summed E-state index contributed by atoms with van der Waals surface area (Å²) in [7, 11) is 4.06. The Morgan fingerprint density at radius 2 is 2.20 bits per heavy atom. The molecule has 1 atom stereocenters. The van der Waals surface area contributed by atoms with E-state index in [4.69, 9.17) is 0 Å². The van der Waals surface area contributed by atoms with Crippen molar-refractivity contribution in [2.24, 2.45) is 10.9 Å². The van der Waals surface area contributed by atoms with Gasteiger partial charge in [0.05, 0.1) is 0 Å². The Kier molecular flexibility index (Phi) is 8.06. The number of nitrogens with one attached hydrogen (secondary N) is 2. The molecule has 25 heavy (non-hydrogen) atoms. The molecule has 5 heteroatoms. The summed E-state index contributed by atoms with van der Waals surface area (Å²) in [5.41, 5.74) is 2.59. The molecule has 1 saturated heterocycles. The van der Waals surface area contributed by atoms with Crippen LogP contribution < -0.4 is 15.5 Å². The summed E-state index contributed by atoms with van der Waals surface area (Å²) in [6.07, 6.45) is 2.61. The van der Waals surface area contributed by atoms with Crippen LogP contribution in [0.2, 0.25) is 0 Å². The van der Waals surface area contributed by atoms with E-state index in [1.54, 1.807) is 0 Å². The van der Waals surface area contributed by atoms with Gasteiger partial charge in [-0.2, -0.15) is 0 Å².